The van der Waals surface area contributed by atoms with Crippen molar-refractivity contribution in [3.8, 4) is 0 Å². The summed E-state index contributed by atoms with van der Waals surface area (Å²) >= 11 is 0. The Kier molecular flexibility index (Phi) is 6.25. The van der Waals surface area contributed by atoms with Gasteiger partial charge in [0.25, 0.3) is 0 Å². The predicted octanol–water partition coefficient (Wildman–Crippen LogP) is 2.98. The molecule has 0 saturated carbocycles. The molecule has 1 aromatic rings. The summed E-state index contributed by atoms with van der Waals surface area (Å²) in [6.07, 6.45) is 5.58. The van der Waals surface area contributed by atoms with Gasteiger partial charge in [-0.05, 0) is 25.0 Å². The molecule has 2 aliphatic heterocycles. The van der Waals surface area contributed by atoms with E-state index in [-0.39, 0.29) is 5.92 Å². The summed E-state index contributed by atoms with van der Waals surface area (Å²) in [5, 5.41) is 3.35. The van der Waals surface area contributed by atoms with Gasteiger partial charge in [-0.3, -0.25) is 9.89 Å². The van der Waals surface area contributed by atoms with E-state index in [2.05, 4.69) is 34.2 Å². The molecule has 1 N–H and O–H groups in total. The van der Waals surface area contributed by atoms with E-state index in [1.54, 1.807) is 0 Å². The Morgan fingerprint density at radius 3 is 2.77 bits per heavy atom. The first kappa shape index (κ1) is 18.8. The lowest BCUT2D eigenvalue weighted by Crippen LogP contribution is -2.43. The summed E-state index contributed by atoms with van der Waals surface area (Å²) in [5.74, 6) is -0.266. The number of guanidine groups is 1. The molecule has 0 radical (unpaired) electrons. The van der Waals surface area contributed by atoms with Crippen LogP contribution in [0.4, 0.5) is 8.78 Å². The molecule has 0 aliphatic carbocycles. The molecule has 0 aromatic heterocycles. The maximum atomic E-state index is 14.0. The van der Waals surface area contributed by atoms with E-state index in [0.29, 0.717) is 18.2 Å². The average Bonchev–Trinajstić information content (AvgIpc) is 3.29. The SMILES string of the molecule is CCNC(=NCC(C)c1ccc(F)cc1F)N1CCC(N2CC=CC2)C1. The molecule has 2 atom stereocenters. The fourth-order valence-corrected chi connectivity index (χ4v) is 3.67. The van der Waals surface area contributed by atoms with E-state index >= 15 is 0 Å². The lowest BCUT2D eigenvalue weighted by atomic mass is 10.0. The van der Waals surface area contributed by atoms with Crippen LogP contribution in [0.2, 0.25) is 0 Å². The molecular formula is C20H28F2N4. The molecule has 1 aromatic carbocycles. The van der Waals surface area contributed by atoms with Crippen molar-refractivity contribution in [1.29, 1.82) is 0 Å². The van der Waals surface area contributed by atoms with Gasteiger partial charge in [-0.1, -0.05) is 25.1 Å². The number of hydrogen-bond acceptors (Lipinski definition) is 2. The second kappa shape index (κ2) is 8.62. The topological polar surface area (TPSA) is 30.9 Å². The molecule has 6 heteroatoms. The van der Waals surface area contributed by atoms with Crippen LogP contribution in [-0.4, -0.2) is 61.1 Å². The van der Waals surface area contributed by atoms with Crippen molar-refractivity contribution in [1.82, 2.24) is 15.1 Å². The molecular weight excluding hydrogens is 334 g/mol. The van der Waals surface area contributed by atoms with Gasteiger partial charge in [0.1, 0.15) is 11.6 Å². The Morgan fingerprint density at radius 2 is 2.08 bits per heavy atom. The summed E-state index contributed by atoms with van der Waals surface area (Å²) in [7, 11) is 0. The molecule has 2 aliphatic rings. The zero-order chi connectivity index (χ0) is 18.5. The first-order valence-electron chi connectivity index (χ1n) is 9.45. The average molecular weight is 362 g/mol. The van der Waals surface area contributed by atoms with Gasteiger partial charge in [0.2, 0.25) is 0 Å². The zero-order valence-corrected chi connectivity index (χ0v) is 15.6. The largest absolute Gasteiger partial charge is 0.357 e. The third-order valence-corrected chi connectivity index (χ3v) is 5.17. The summed E-state index contributed by atoms with van der Waals surface area (Å²) in [6, 6.07) is 4.32. The first-order valence-corrected chi connectivity index (χ1v) is 9.45. The van der Waals surface area contributed by atoms with Crippen molar-refractivity contribution in [2.24, 2.45) is 4.99 Å². The Hall–Kier alpha value is -1.95. The van der Waals surface area contributed by atoms with Crippen molar-refractivity contribution < 1.29 is 8.78 Å². The fourth-order valence-electron chi connectivity index (χ4n) is 3.67. The molecule has 4 nitrogen and oxygen atoms in total. The van der Waals surface area contributed by atoms with Crippen LogP contribution < -0.4 is 5.32 Å². The number of aliphatic imine (C=N–C) groups is 1. The molecule has 1 saturated heterocycles. The second-order valence-electron chi connectivity index (χ2n) is 7.08. The summed E-state index contributed by atoms with van der Waals surface area (Å²) in [4.78, 5) is 9.51. The van der Waals surface area contributed by atoms with Crippen LogP contribution in [0.3, 0.4) is 0 Å². The van der Waals surface area contributed by atoms with Gasteiger partial charge in [-0.25, -0.2) is 8.78 Å². The minimum Gasteiger partial charge on any atom is -0.357 e. The normalized spacial score (nSPS) is 22.2. The van der Waals surface area contributed by atoms with Crippen LogP contribution in [0.1, 0.15) is 31.7 Å². The fraction of sp³-hybridized carbons (Fsp3) is 0.550. The molecule has 2 unspecified atom stereocenters. The van der Waals surface area contributed by atoms with Gasteiger partial charge in [0.05, 0.1) is 0 Å². The predicted molar refractivity (Wildman–Crippen MR) is 101 cm³/mol. The summed E-state index contributed by atoms with van der Waals surface area (Å²) < 4.78 is 27.1. The van der Waals surface area contributed by atoms with Gasteiger partial charge < -0.3 is 10.2 Å². The van der Waals surface area contributed by atoms with E-state index in [4.69, 9.17) is 4.99 Å². The van der Waals surface area contributed by atoms with Gasteiger partial charge in [0, 0.05) is 57.3 Å². The van der Waals surface area contributed by atoms with Crippen LogP contribution in [0.25, 0.3) is 0 Å². The highest BCUT2D eigenvalue weighted by Gasteiger charge is 2.29. The van der Waals surface area contributed by atoms with Crippen molar-refractivity contribution in [3.05, 3.63) is 47.5 Å². The highest BCUT2D eigenvalue weighted by molar-refractivity contribution is 5.80. The molecule has 3 rings (SSSR count). The quantitative estimate of drug-likeness (QED) is 0.496. The monoisotopic (exact) mass is 362 g/mol. The Bertz CT molecular complexity index is 666. The number of halogens is 2. The third-order valence-electron chi connectivity index (χ3n) is 5.17. The zero-order valence-electron chi connectivity index (χ0n) is 15.6. The van der Waals surface area contributed by atoms with Gasteiger partial charge in [-0.15, -0.1) is 0 Å². The number of nitrogens with one attached hydrogen (secondary N) is 1. The van der Waals surface area contributed by atoms with Crippen LogP contribution in [0.5, 0.6) is 0 Å². The number of rotatable bonds is 5. The standard InChI is InChI=1S/C20H28F2N4/c1-3-23-20(26-11-8-17(14-26)25-9-4-5-10-25)24-13-15(2)18-7-6-16(21)12-19(18)22/h4-7,12,15,17H,3,8-11,13-14H2,1-2H3,(H,23,24). The maximum Gasteiger partial charge on any atom is 0.193 e. The maximum absolute atomic E-state index is 14.0. The Balaban J connectivity index is 1.63. The van der Waals surface area contributed by atoms with E-state index in [1.165, 1.54) is 12.1 Å². The van der Waals surface area contributed by atoms with Crippen LogP contribution in [-0.2, 0) is 0 Å². The lowest BCUT2D eigenvalue weighted by Gasteiger charge is -2.25. The second-order valence-corrected chi connectivity index (χ2v) is 7.08. The Morgan fingerprint density at radius 1 is 1.31 bits per heavy atom. The molecule has 0 amide bonds. The molecule has 142 valence electrons. The number of nitrogens with zero attached hydrogens (tertiary/aromatic N) is 3. The van der Waals surface area contributed by atoms with E-state index < -0.39 is 11.6 Å². The van der Waals surface area contributed by atoms with Gasteiger partial charge in [-0.2, -0.15) is 0 Å². The number of hydrogen-bond donors (Lipinski definition) is 1. The summed E-state index contributed by atoms with van der Waals surface area (Å²) in [5.41, 5.74) is 0.508. The van der Waals surface area contributed by atoms with Crippen molar-refractivity contribution in [2.75, 3.05) is 39.3 Å². The minimum absolute atomic E-state index is 0.106. The molecule has 0 spiro atoms. The van der Waals surface area contributed by atoms with Gasteiger partial charge >= 0.3 is 0 Å². The van der Waals surface area contributed by atoms with Crippen molar-refractivity contribution >= 4 is 5.96 Å². The minimum atomic E-state index is -0.546. The lowest BCUT2D eigenvalue weighted by molar-refractivity contribution is 0.259. The van der Waals surface area contributed by atoms with E-state index in [1.807, 2.05) is 6.92 Å². The van der Waals surface area contributed by atoms with Crippen LogP contribution in [0, 0.1) is 11.6 Å². The number of likely N-dealkylation sites (tertiary alicyclic amines) is 1. The highest BCUT2D eigenvalue weighted by Crippen LogP contribution is 2.21. The van der Waals surface area contributed by atoms with Crippen molar-refractivity contribution in [3.63, 3.8) is 0 Å². The van der Waals surface area contributed by atoms with Crippen LogP contribution in [0.15, 0.2) is 35.3 Å². The molecule has 1 fully saturated rings. The van der Waals surface area contributed by atoms with Crippen molar-refractivity contribution in [2.45, 2.75) is 32.2 Å². The van der Waals surface area contributed by atoms with E-state index in [9.17, 15) is 8.78 Å². The molecule has 2 heterocycles. The molecule has 0 bridgehead atoms. The third kappa shape index (κ3) is 4.41. The summed E-state index contributed by atoms with van der Waals surface area (Å²) in [6.45, 7) is 9.25. The van der Waals surface area contributed by atoms with Gasteiger partial charge in [0.15, 0.2) is 5.96 Å². The smallest absolute Gasteiger partial charge is 0.193 e. The Labute approximate surface area is 154 Å². The highest BCUT2D eigenvalue weighted by atomic mass is 19.1. The van der Waals surface area contributed by atoms with Crippen LogP contribution >= 0.6 is 0 Å². The number of benzene rings is 1. The molecule has 26 heavy (non-hydrogen) atoms. The first-order chi connectivity index (χ1) is 12.6. The van der Waals surface area contributed by atoms with E-state index in [0.717, 1.165) is 51.2 Å².